The summed E-state index contributed by atoms with van der Waals surface area (Å²) in [6.45, 7) is 0. The van der Waals surface area contributed by atoms with Gasteiger partial charge < -0.3 is 0 Å². The van der Waals surface area contributed by atoms with Crippen molar-refractivity contribution in [3.05, 3.63) is 52.8 Å². The monoisotopic (exact) mass is 323 g/mol. The zero-order chi connectivity index (χ0) is 13.0. The van der Waals surface area contributed by atoms with Gasteiger partial charge in [-0.15, -0.1) is 0 Å². The van der Waals surface area contributed by atoms with Gasteiger partial charge in [0.2, 0.25) is 0 Å². The minimum Gasteiger partial charge on any atom is -0.290 e. The fourth-order valence-electron chi connectivity index (χ4n) is 1.36. The number of amidine groups is 1. The molecule has 6 heteroatoms. The van der Waals surface area contributed by atoms with Gasteiger partial charge in [-0.25, -0.2) is 0 Å². The van der Waals surface area contributed by atoms with Gasteiger partial charge in [0.05, 0.1) is 0 Å². The largest absolute Gasteiger partial charge is 0.290 e. The normalized spacial score (nSPS) is 10.1. The Kier molecular flexibility index (Phi) is 4.35. The van der Waals surface area contributed by atoms with Crippen LogP contribution in [0.4, 0.5) is 0 Å². The lowest BCUT2D eigenvalue weighted by Crippen LogP contribution is -2.19. The van der Waals surface area contributed by atoms with Gasteiger partial charge in [0, 0.05) is 32.2 Å². The van der Waals surface area contributed by atoms with E-state index in [4.69, 9.17) is 10.6 Å². The van der Waals surface area contributed by atoms with E-state index in [0.717, 1.165) is 14.3 Å². The Hall–Kier alpha value is -1.37. The van der Waals surface area contributed by atoms with E-state index in [1.54, 1.807) is 18.5 Å². The molecule has 3 N–H and O–H groups in total. The Morgan fingerprint density at radius 2 is 2.00 bits per heavy atom. The minimum absolute atomic E-state index is 0.0444. The molecule has 2 rings (SSSR count). The molecule has 0 saturated heterocycles. The number of halogens is 1. The highest BCUT2D eigenvalue weighted by Gasteiger charge is 2.08. The first kappa shape index (κ1) is 13.1. The number of benzene rings is 1. The highest BCUT2D eigenvalue weighted by molar-refractivity contribution is 9.10. The first-order valence-corrected chi connectivity index (χ1v) is 6.68. The molecule has 1 aromatic heterocycles. The van der Waals surface area contributed by atoms with Crippen LogP contribution in [0.3, 0.4) is 0 Å². The number of pyridine rings is 1. The summed E-state index contributed by atoms with van der Waals surface area (Å²) in [6, 6.07) is 9.54. The van der Waals surface area contributed by atoms with Crippen molar-refractivity contribution in [2.45, 2.75) is 9.79 Å². The molecular weight excluding hydrogens is 314 g/mol. The van der Waals surface area contributed by atoms with Crippen LogP contribution in [0.15, 0.2) is 57.0 Å². The van der Waals surface area contributed by atoms with E-state index >= 15 is 0 Å². The molecule has 4 nitrogen and oxygen atoms in total. The minimum atomic E-state index is -0.0444. The van der Waals surface area contributed by atoms with E-state index in [2.05, 4.69) is 20.9 Å². The van der Waals surface area contributed by atoms with E-state index in [0.29, 0.717) is 5.56 Å². The lowest BCUT2D eigenvalue weighted by atomic mass is 10.2. The number of hydrogen-bond donors (Lipinski definition) is 3. The second-order valence-electron chi connectivity index (χ2n) is 3.41. The van der Waals surface area contributed by atoms with Crippen molar-refractivity contribution in [1.82, 2.24) is 10.5 Å². The summed E-state index contributed by atoms with van der Waals surface area (Å²) < 4.78 is 1.02. The molecule has 0 spiro atoms. The molecule has 0 aliphatic heterocycles. The Morgan fingerprint density at radius 1 is 1.28 bits per heavy atom. The lowest BCUT2D eigenvalue weighted by molar-refractivity contribution is 0.234. The molecule has 0 radical (unpaired) electrons. The predicted molar refractivity (Wildman–Crippen MR) is 74.3 cm³/mol. The van der Waals surface area contributed by atoms with Crippen LogP contribution in [0, 0.1) is 5.41 Å². The molecule has 18 heavy (non-hydrogen) atoms. The van der Waals surface area contributed by atoms with Crippen molar-refractivity contribution < 1.29 is 5.21 Å². The van der Waals surface area contributed by atoms with Crippen molar-refractivity contribution >= 4 is 33.5 Å². The first-order valence-electron chi connectivity index (χ1n) is 5.07. The molecule has 0 unspecified atom stereocenters. The van der Waals surface area contributed by atoms with Crippen LogP contribution in [0.1, 0.15) is 5.56 Å². The third kappa shape index (κ3) is 3.10. The number of aromatic nitrogens is 1. The number of rotatable bonds is 3. The number of hydroxylamine groups is 1. The van der Waals surface area contributed by atoms with E-state index < -0.39 is 0 Å². The molecule has 0 fully saturated rings. The summed E-state index contributed by atoms with van der Waals surface area (Å²) in [4.78, 5) is 5.89. The van der Waals surface area contributed by atoms with Gasteiger partial charge in [-0.1, -0.05) is 27.7 Å². The van der Waals surface area contributed by atoms with Gasteiger partial charge in [0.25, 0.3) is 0 Å². The molecule has 1 aromatic carbocycles. The SMILES string of the molecule is N=C(NO)c1ccncc1Sc1ccc(Br)cc1. The predicted octanol–water partition coefficient (Wildman–Crippen LogP) is 3.30. The van der Waals surface area contributed by atoms with Crippen LogP contribution in [-0.2, 0) is 0 Å². The zero-order valence-corrected chi connectivity index (χ0v) is 11.6. The summed E-state index contributed by atoms with van der Waals surface area (Å²) in [5, 5.41) is 16.4. The van der Waals surface area contributed by atoms with Gasteiger partial charge >= 0.3 is 0 Å². The topological polar surface area (TPSA) is 69.0 Å². The van der Waals surface area contributed by atoms with Crippen molar-refractivity contribution in [3.63, 3.8) is 0 Å². The summed E-state index contributed by atoms with van der Waals surface area (Å²) >= 11 is 4.87. The van der Waals surface area contributed by atoms with E-state index in [9.17, 15) is 0 Å². The molecule has 1 heterocycles. The maximum Gasteiger partial charge on any atom is 0.150 e. The molecule has 0 amide bonds. The number of nitrogens with one attached hydrogen (secondary N) is 2. The molecule has 0 atom stereocenters. The molecule has 0 aliphatic carbocycles. The average Bonchev–Trinajstić information content (AvgIpc) is 2.41. The van der Waals surface area contributed by atoms with E-state index in [1.807, 2.05) is 29.7 Å². The maximum absolute atomic E-state index is 8.80. The average molecular weight is 324 g/mol. The first-order chi connectivity index (χ1) is 8.70. The third-order valence-corrected chi connectivity index (χ3v) is 3.79. The van der Waals surface area contributed by atoms with Crippen molar-refractivity contribution in [2.75, 3.05) is 0 Å². The van der Waals surface area contributed by atoms with Crippen LogP contribution in [0.2, 0.25) is 0 Å². The molecule has 2 aromatic rings. The molecule has 0 aliphatic rings. The van der Waals surface area contributed by atoms with Gasteiger partial charge in [0.1, 0.15) is 0 Å². The van der Waals surface area contributed by atoms with Crippen LogP contribution < -0.4 is 5.48 Å². The molecule has 0 saturated carbocycles. The van der Waals surface area contributed by atoms with Crippen LogP contribution in [-0.4, -0.2) is 16.0 Å². The summed E-state index contributed by atoms with van der Waals surface area (Å²) in [7, 11) is 0. The van der Waals surface area contributed by atoms with Crippen molar-refractivity contribution in [3.8, 4) is 0 Å². The fraction of sp³-hybridized carbons (Fsp3) is 0. The van der Waals surface area contributed by atoms with Gasteiger partial charge in [-0.05, 0) is 30.3 Å². The second-order valence-corrected chi connectivity index (χ2v) is 5.45. The summed E-state index contributed by atoms with van der Waals surface area (Å²) in [5.74, 6) is -0.0444. The van der Waals surface area contributed by atoms with Crippen LogP contribution in [0.25, 0.3) is 0 Å². The Balaban J connectivity index is 2.28. The van der Waals surface area contributed by atoms with Crippen molar-refractivity contribution in [2.24, 2.45) is 0 Å². The highest BCUT2D eigenvalue weighted by atomic mass is 79.9. The number of hydrogen-bond acceptors (Lipinski definition) is 4. The Labute approximate surface area is 117 Å². The van der Waals surface area contributed by atoms with Gasteiger partial charge in [-0.2, -0.15) is 0 Å². The highest BCUT2D eigenvalue weighted by Crippen LogP contribution is 2.30. The quantitative estimate of drug-likeness (QED) is 0.460. The zero-order valence-electron chi connectivity index (χ0n) is 9.22. The summed E-state index contributed by atoms with van der Waals surface area (Å²) in [6.07, 6.45) is 3.26. The molecule has 92 valence electrons. The van der Waals surface area contributed by atoms with Crippen LogP contribution >= 0.6 is 27.7 Å². The van der Waals surface area contributed by atoms with Crippen molar-refractivity contribution in [1.29, 1.82) is 5.41 Å². The van der Waals surface area contributed by atoms with Gasteiger partial charge in [-0.3, -0.25) is 21.1 Å². The summed E-state index contributed by atoms with van der Waals surface area (Å²) in [5.41, 5.74) is 2.46. The van der Waals surface area contributed by atoms with E-state index in [1.165, 1.54) is 11.8 Å². The second kappa shape index (κ2) is 5.99. The van der Waals surface area contributed by atoms with E-state index in [-0.39, 0.29) is 5.84 Å². The van der Waals surface area contributed by atoms with Gasteiger partial charge in [0.15, 0.2) is 5.84 Å². The third-order valence-electron chi connectivity index (χ3n) is 2.21. The maximum atomic E-state index is 8.80. The smallest absolute Gasteiger partial charge is 0.150 e. The number of nitrogens with zero attached hydrogens (tertiary/aromatic N) is 1. The molecular formula is C12H10BrN3OS. The van der Waals surface area contributed by atoms with Crippen LogP contribution in [0.5, 0.6) is 0 Å². The molecule has 0 bridgehead atoms. The lowest BCUT2D eigenvalue weighted by Gasteiger charge is -2.08. The Morgan fingerprint density at radius 3 is 2.67 bits per heavy atom. The Bertz CT molecular complexity index is 560. The fourth-order valence-corrected chi connectivity index (χ4v) is 2.54. The standard InChI is InChI=1S/C12H10BrN3OS/c13-8-1-3-9(4-2-8)18-11-7-15-6-5-10(11)12(14)16-17/h1-7,17H,(H2,14,16).